The molecule has 0 aliphatic heterocycles. The van der Waals surface area contributed by atoms with Crippen molar-refractivity contribution < 1.29 is 17.9 Å². The molecule has 0 heterocycles. The lowest BCUT2D eigenvalue weighted by Gasteiger charge is -2.13. The van der Waals surface area contributed by atoms with Crippen LogP contribution in [0.1, 0.15) is 11.1 Å². The average molecular weight is 312 g/mol. The van der Waals surface area contributed by atoms with Gasteiger partial charge in [0.25, 0.3) is 0 Å². The van der Waals surface area contributed by atoms with E-state index in [4.69, 9.17) is 21.6 Å². The van der Waals surface area contributed by atoms with Crippen LogP contribution < -0.4 is 4.74 Å². The number of halogens is 4. The Labute approximate surface area is 124 Å². The summed E-state index contributed by atoms with van der Waals surface area (Å²) in [6.07, 6.45) is -4.60. The number of nitriles is 1. The largest absolute Gasteiger partial charge is 0.496 e. The number of nitrogens with zero attached hydrogens (tertiary/aromatic N) is 1. The first-order chi connectivity index (χ1) is 9.86. The van der Waals surface area contributed by atoms with Gasteiger partial charge in [-0.2, -0.15) is 18.4 Å². The van der Waals surface area contributed by atoms with Gasteiger partial charge in [-0.3, -0.25) is 0 Å². The number of methoxy groups -OCH3 is 1. The van der Waals surface area contributed by atoms with E-state index in [1.807, 2.05) is 0 Å². The second kappa shape index (κ2) is 5.66. The maximum absolute atomic E-state index is 13.0. The van der Waals surface area contributed by atoms with Gasteiger partial charge in [0, 0.05) is 10.6 Å². The molecule has 108 valence electrons. The molecule has 6 heteroatoms. The van der Waals surface area contributed by atoms with Gasteiger partial charge in [-0.15, -0.1) is 0 Å². The van der Waals surface area contributed by atoms with Crippen molar-refractivity contribution in [2.24, 2.45) is 0 Å². The second-order valence-electron chi connectivity index (χ2n) is 4.21. The van der Waals surface area contributed by atoms with Gasteiger partial charge in [-0.25, -0.2) is 0 Å². The van der Waals surface area contributed by atoms with Crippen molar-refractivity contribution in [2.45, 2.75) is 6.18 Å². The van der Waals surface area contributed by atoms with Gasteiger partial charge < -0.3 is 4.74 Å². The van der Waals surface area contributed by atoms with E-state index in [-0.39, 0.29) is 5.56 Å². The number of alkyl halides is 3. The van der Waals surface area contributed by atoms with Crippen LogP contribution in [0.15, 0.2) is 36.4 Å². The third kappa shape index (κ3) is 3.11. The first-order valence-corrected chi connectivity index (χ1v) is 6.20. The molecule has 0 fully saturated rings. The summed E-state index contributed by atoms with van der Waals surface area (Å²) in [5.41, 5.74) is -0.697. The van der Waals surface area contributed by atoms with Gasteiger partial charge in [0.1, 0.15) is 5.75 Å². The molecule has 0 saturated carbocycles. The zero-order valence-corrected chi connectivity index (χ0v) is 11.6. The minimum Gasteiger partial charge on any atom is -0.496 e. The van der Waals surface area contributed by atoms with Crippen molar-refractivity contribution in [1.82, 2.24) is 0 Å². The molecule has 0 spiro atoms. The lowest BCUT2D eigenvalue weighted by molar-refractivity contribution is -0.137. The van der Waals surface area contributed by atoms with Crippen molar-refractivity contribution in [3.8, 4) is 22.9 Å². The molecule has 0 radical (unpaired) electrons. The van der Waals surface area contributed by atoms with E-state index >= 15 is 0 Å². The van der Waals surface area contributed by atoms with Crippen molar-refractivity contribution in [3.63, 3.8) is 0 Å². The van der Waals surface area contributed by atoms with E-state index in [9.17, 15) is 13.2 Å². The van der Waals surface area contributed by atoms with Crippen LogP contribution in [-0.2, 0) is 6.18 Å². The van der Waals surface area contributed by atoms with Crippen molar-refractivity contribution in [2.75, 3.05) is 7.11 Å². The minimum atomic E-state index is -4.60. The van der Waals surface area contributed by atoms with E-state index < -0.39 is 17.3 Å². The first kappa shape index (κ1) is 15.2. The van der Waals surface area contributed by atoms with Crippen LogP contribution in [0.3, 0.4) is 0 Å². The van der Waals surface area contributed by atoms with E-state index in [1.165, 1.54) is 19.2 Å². The summed E-state index contributed by atoms with van der Waals surface area (Å²) >= 11 is 5.88. The van der Waals surface area contributed by atoms with Gasteiger partial charge >= 0.3 is 6.18 Å². The van der Waals surface area contributed by atoms with E-state index in [2.05, 4.69) is 0 Å². The molecule has 2 rings (SSSR count). The Bertz CT molecular complexity index is 720. The predicted molar refractivity (Wildman–Crippen MR) is 73.2 cm³/mol. The quantitative estimate of drug-likeness (QED) is 0.789. The summed E-state index contributed by atoms with van der Waals surface area (Å²) in [5.74, 6) is 0.400. The molecule has 0 aliphatic rings. The summed E-state index contributed by atoms with van der Waals surface area (Å²) in [7, 11) is 1.42. The highest BCUT2D eigenvalue weighted by atomic mass is 35.5. The molecule has 2 aromatic carbocycles. The fourth-order valence-electron chi connectivity index (χ4n) is 1.95. The Morgan fingerprint density at radius 3 is 2.43 bits per heavy atom. The fraction of sp³-hybridized carbons (Fsp3) is 0.133. The normalized spacial score (nSPS) is 11.0. The van der Waals surface area contributed by atoms with Gasteiger partial charge in [-0.05, 0) is 35.9 Å². The van der Waals surface area contributed by atoms with Crippen molar-refractivity contribution in [3.05, 3.63) is 52.5 Å². The smallest absolute Gasteiger partial charge is 0.417 e. The summed E-state index contributed by atoms with van der Waals surface area (Å²) in [4.78, 5) is 0. The molecule has 0 bridgehead atoms. The zero-order chi connectivity index (χ0) is 15.6. The molecule has 0 atom stereocenters. The van der Waals surface area contributed by atoms with Gasteiger partial charge in [-0.1, -0.05) is 17.7 Å². The first-order valence-electron chi connectivity index (χ1n) is 5.82. The SMILES string of the molecule is COc1ccc(Cl)cc1-c1ccc(C#N)c(C(F)(F)F)c1. The average Bonchev–Trinajstić information content (AvgIpc) is 2.45. The molecular weight excluding hydrogens is 303 g/mol. The van der Waals surface area contributed by atoms with E-state index in [0.717, 1.165) is 12.1 Å². The summed E-state index contributed by atoms with van der Waals surface area (Å²) in [6.45, 7) is 0. The molecular formula is C15H9ClF3NO. The Morgan fingerprint density at radius 2 is 1.86 bits per heavy atom. The van der Waals surface area contributed by atoms with Crippen LogP contribution in [0.4, 0.5) is 13.2 Å². The number of ether oxygens (including phenoxy) is 1. The zero-order valence-electron chi connectivity index (χ0n) is 10.8. The fourth-order valence-corrected chi connectivity index (χ4v) is 2.12. The third-order valence-electron chi connectivity index (χ3n) is 2.92. The summed E-state index contributed by atoms with van der Waals surface area (Å²) in [5, 5.41) is 9.17. The Kier molecular flexibility index (Phi) is 4.10. The lowest BCUT2D eigenvalue weighted by Crippen LogP contribution is -2.08. The summed E-state index contributed by atoms with van der Waals surface area (Å²) in [6, 6.07) is 9.71. The topological polar surface area (TPSA) is 33.0 Å². The van der Waals surface area contributed by atoms with Gasteiger partial charge in [0.15, 0.2) is 0 Å². The van der Waals surface area contributed by atoms with Crippen LogP contribution in [0.5, 0.6) is 5.75 Å². The minimum absolute atomic E-state index is 0.278. The third-order valence-corrected chi connectivity index (χ3v) is 3.15. The van der Waals surface area contributed by atoms with Crippen LogP contribution in [0.2, 0.25) is 5.02 Å². The van der Waals surface area contributed by atoms with E-state index in [1.54, 1.807) is 18.2 Å². The second-order valence-corrected chi connectivity index (χ2v) is 4.65. The highest BCUT2D eigenvalue weighted by Gasteiger charge is 2.34. The molecule has 0 saturated heterocycles. The highest BCUT2D eigenvalue weighted by Crippen LogP contribution is 2.38. The maximum Gasteiger partial charge on any atom is 0.417 e. The molecule has 0 amide bonds. The Balaban J connectivity index is 2.67. The predicted octanol–water partition coefficient (Wildman–Crippen LogP) is 4.91. The van der Waals surface area contributed by atoms with Crippen LogP contribution >= 0.6 is 11.6 Å². The lowest BCUT2D eigenvalue weighted by atomic mass is 9.98. The number of hydrogen-bond donors (Lipinski definition) is 0. The van der Waals surface area contributed by atoms with Gasteiger partial charge in [0.2, 0.25) is 0 Å². The Hall–Kier alpha value is -2.19. The summed E-state index contributed by atoms with van der Waals surface area (Å²) < 4.78 is 44.1. The molecule has 2 nitrogen and oxygen atoms in total. The molecule has 21 heavy (non-hydrogen) atoms. The molecule has 0 unspecified atom stereocenters. The van der Waals surface area contributed by atoms with Crippen molar-refractivity contribution in [1.29, 1.82) is 5.26 Å². The van der Waals surface area contributed by atoms with Crippen LogP contribution in [-0.4, -0.2) is 7.11 Å². The van der Waals surface area contributed by atoms with Gasteiger partial charge in [0.05, 0.1) is 24.3 Å². The highest BCUT2D eigenvalue weighted by molar-refractivity contribution is 6.31. The Morgan fingerprint density at radius 1 is 1.14 bits per heavy atom. The standard InChI is InChI=1S/C15H9ClF3NO/c1-21-14-5-4-11(16)7-12(14)9-2-3-10(8-20)13(6-9)15(17,18)19/h2-7H,1H3. The number of rotatable bonds is 2. The maximum atomic E-state index is 13.0. The molecule has 2 aromatic rings. The van der Waals surface area contributed by atoms with Crippen LogP contribution in [0, 0.1) is 11.3 Å². The molecule has 0 N–H and O–H groups in total. The monoisotopic (exact) mass is 311 g/mol. The van der Waals surface area contributed by atoms with E-state index in [0.29, 0.717) is 16.3 Å². The molecule has 0 aliphatic carbocycles. The van der Waals surface area contributed by atoms with Crippen LogP contribution in [0.25, 0.3) is 11.1 Å². The van der Waals surface area contributed by atoms with Crippen molar-refractivity contribution >= 4 is 11.6 Å². The molecule has 0 aromatic heterocycles. The number of hydrogen-bond acceptors (Lipinski definition) is 2. The number of benzene rings is 2.